The SMILES string of the molecule is c1ccc(-c2ccc(-n3c4ccccc4c4cc5c6c(c43)CCc3cccc(c36)n5-c3cccc(-c4nc(-c5ccccc5)cc(-c5ccccc5)n4)c3)cc2)cc1. The van der Waals surface area contributed by atoms with Crippen LogP contribution < -0.4 is 0 Å². The minimum atomic E-state index is 0.706. The van der Waals surface area contributed by atoms with Gasteiger partial charge in [-0.15, -0.1) is 0 Å². The highest BCUT2D eigenvalue weighted by Gasteiger charge is 2.27. The smallest absolute Gasteiger partial charge is 0.160 e. The summed E-state index contributed by atoms with van der Waals surface area (Å²) in [5, 5.41) is 5.25. The summed E-state index contributed by atoms with van der Waals surface area (Å²) in [7, 11) is 0. The average Bonchev–Trinajstić information content (AvgIpc) is 3.82. The lowest BCUT2D eigenvalue weighted by molar-refractivity contribution is 0.969. The molecule has 4 heteroatoms. The Labute approximate surface area is 336 Å². The fraction of sp³-hybridized carbons (Fsp3) is 0.0370. The molecular formula is C54H36N4. The summed E-state index contributed by atoms with van der Waals surface area (Å²) in [4.78, 5) is 10.4. The molecule has 0 aliphatic heterocycles. The minimum Gasteiger partial charge on any atom is -0.309 e. The van der Waals surface area contributed by atoms with E-state index in [9.17, 15) is 0 Å². The molecule has 3 aromatic heterocycles. The van der Waals surface area contributed by atoms with Gasteiger partial charge in [-0.2, -0.15) is 0 Å². The van der Waals surface area contributed by atoms with Gasteiger partial charge in [0, 0.05) is 49.6 Å². The molecule has 4 nitrogen and oxygen atoms in total. The van der Waals surface area contributed by atoms with Crippen molar-refractivity contribution in [3.05, 3.63) is 205 Å². The van der Waals surface area contributed by atoms with Gasteiger partial charge in [0.1, 0.15) is 0 Å². The van der Waals surface area contributed by atoms with Gasteiger partial charge in [0.05, 0.1) is 33.5 Å². The van der Waals surface area contributed by atoms with Crippen LogP contribution in [0.2, 0.25) is 0 Å². The summed E-state index contributed by atoms with van der Waals surface area (Å²) < 4.78 is 4.99. The zero-order valence-electron chi connectivity index (χ0n) is 31.7. The van der Waals surface area contributed by atoms with E-state index in [1.165, 1.54) is 71.6 Å². The summed E-state index contributed by atoms with van der Waals surface area (Å²) >= 11 is 0. The van der Waals surface area contributed by atoms with Crippen molar-refractivity contribution in [2.24, 2.45) is 0 Å². The van der Waals surface area contributed by atoms with Crippen LogP contribution in [-0.2, 0) is 12.8 Å². The summed E-state index contributed by atoms with van der Waals surface area (Å²) in [5.74, 6) is 0.706. The van der Waals surface area contributed by atoms with E-state index in [4.69, 9.17) is 9.97 Å². The summed E-state index contributed by atoms with van der Waals surface area (Å²) in [6, 6.07) is 69.6. The second-order valence-corrected chi connectivity index (χ2v) is 15.3. The molecule has 1 aliphatic rings. The van der Waals surface area contributed by atoms with Gasteiger partial charge in [0.25, 0.3) is 0 Å². The van der Waals surface area contributed by atoms with E-state index >= 15 is 0 Å². The molecule has 8 aromatic carbocycles. The molecule has 12 rings (SSSR count). The van der Waals surface area contributed by atoms with Crippen LogP contribution in [0.1, 0.15) is 11.1 Å². The molecule has 0 amide bonds. The molecule has 0 radical (unpaired) electrons. The molecule has 1 aliphatic carbocycles. The number of aryl methyl sites for hydroxylation is 2. The zero-order chi connectivity index (χ0) is 38.2. The average molecular weight is 741 g/mol. The highest BCUT2D eigenvalue weighted by molar-refractivity contribution is 6.22. The highest BCUT2D eigenvalue weighted by Crippen LogP contribution is 2.46. The van der Waals surface area contributed by atoms with Crippen LogP contribution in [0.15, 0.2) is 194 Å². The van der Waals surface area contributed by atoms with Crippen LogP contribution in [0.3, 0.4) is 0 Å². The molecule has 0 fully saturated rings. The van der Waals surface area contributed by atoms with Crippen molar-refractivity contribution in [3.63, 3.8) is 0 Å². The fourth-order valence-corrected chi connectivity index (χ4v) is 9.40. The number of fused-ring (bicyclic) bond motifs is 4. The lowest BCUT2D eigenvalue weighted by Crippen LogP contribution is -2.03. The molecule has 0 saturated heterocycles. The van der Waals surface area contributed by atoms with Gasteiger partial charge in [0.15, 0.2) is 5.82 Å². The van der Waals surface area contributed by atoms with E-state index in [-0.39, 0.29) is 0 Å². The lowest BCUT2D eigenvalue weighted by Gasteiger charge is -2.17. The number of hydrogen-bond acceptors (Lipinski definition) is 2. The molecule has 0 bridgehead atoms. The van der Waals surface area contributed by atoms with Gasteiger partial charge in [-0.3, -0.25) is 0 Å². The van der Waals surface area contributed by atoms with E-state index in [1.54, 1.807) is 0 Å². The first-order valence-electron chi connectivity index (χ1n) is 20.0. The van der Waals surface area contributed by atoms with Gasteiger partial charge >= 0.3 is 0 Å². The Morgan fingerprint density at radius 3 is 1.69 bits per heavy atom. The van der Waals surface area contributed by atoms with E-state index in [0.717, 1.165) is 46.6 Å². The molecular weight excluding hydrogens is 705 g/mol. The highest BCUT2D eigenvalue weighted by atomic mass is 15.0. The second-order valence-electron chi connectivity index (χ2n) is 15.3. The first-order valence-corrected chi connectivity index (χ1v) is 20.0. The maximum Gasteiger partial charge on any atom is 0.160 e. The van der Waals surface area contributed by atoms with Crippen LogP contribution in [0.25, 0.3) is 100 Å². The largest absolute Gasteiger partial charge is 0.309 e. The van der Waals surface area contributed by atoms with Crippen molar-refractivity contribution in [2.45, 2.75) is 12.8 Å². The Hall–Kier alpha value is -7.56. The van der Waals surface area contributed by atoms with Crippen LogP contribution in [-0.4, -0.2) is 19.1 Å². The van der Waals surface area contributed by atoms with Gasteiger partial charge in [-0.1, -0.05) is 146 Å². The van der Waals surface area contributed by atoms with Crippen LogP contribution >= 0.6 is 0 Å². The zero-order valence-corrected chi connectivity index (χ0v) is 31.7. The van der Waals surface area contributed by atoms with Gasteiger partial charge in [0.2, 0.25) is 0 Å². The Morgan fingerprint density at radius 2 is 0.966 bits per heavy atom. The van der Waals surface area contributed by atoms with Crippen molar-refractivity contribution in [1.82, 2.24) is 19.1 Å². The third-order valence-electron chi connectivity index (χ3n) is 12.0. The standard InChI is InChI=1S/C54H36N4/c1-4-14-35(15-5-1)36-26-29-41(30-27-36)58-48-24-11-10-23-43(48)45-33-50-52-44(53(45)58)31-28-39-20-13-25-49(51(39)52)57(50)42-22-12-21-40(32-42)54-55-46(37-16-6-2-7-17-37)34-47(56-54)38-18-8-3-9-19-38/h1-27,29-30,32-34H,28,31H2. The quantitative estimate of drug-likeness (QED) is 0.170. The van der Waals surface area contributed by atoms with Crippen molar-refractivity contribution in [3.8, 4) is 56.4 Å². The maximum absolute atomic E-state index is 5.19. The number of para-hydroxylation sites is 1. The van der Waals surface area contributed by atoms with Gasteiger partial charge in [-0.05, 0) is 83.6 Å². The second kappa shape index (κ2) is 13.0. The van der Waals surface area contributed by atoms with E-state index in [2.05, 4.69) is 191 Å². The third kappa shape index (κ3) is 5.08. The first-order chi connectivity index (χ1) is 28.8. The molecule has 0 spiro atoms. The summed E-state index contributed by atoms with van der Waals surface area (Å²) in [6.45, 7) is 0. The number of rotatable bonds is 6. The monoisotopic (exact) mass is 740 g/mol. The predicted octanol–water partition coefficient (Wildman–Crippen LogP) is 13.4. The lowest BCUT2D eigenvalue weighted by atomic mass is 9.89. The van der Waals surface area contributed by atoms with Crippen LogP contribution in [0, 0.1) is 0 Å². The molecule has 272 valence electrons. The molecule has 3 heterocycles. The van der Waals surface area contributed by atoms with Crippen molar-refractivity contribution >= 4 is 43.6 Å². The Morgan fingerprint density at radius 1 is 0.362 bits per heavy atom. The molecule has 58 heavy (non-hydrogen) atoms. The number of benzene rings is 8. The number of nitrogens with zero attached hydrogens (tertiary/aromatic N) is 4. The van der Waals surface area contributed by atoms with E-state index in [0.29, 0.717) is 5.82 Å². The number of hydrogen-bond donors (Lipinski definition) is 0. The van der Waals surface area contributed by atoms with Crippen molar-refractivity contribution in [1.29, 1.82) is 0 Å². The predicted molar refractivity (Wildman–Crippen MR) is 240 cm³/mol. The van der Waals surface area contributed by atoms with Crippen LogP contribution in [0.4, 0.5) is 0 Å². The van der Waals surface area contributed by atoms with E-state index in [1.807, 2.05) is 12.1 Å². The maximum atomic E-state index is 5.19. The third-order valence-corrected chi connectivity index (χ3v) is 12.0. The fourth-order valence-electron chi connectivity index (χ4n) is 9.40. The molecule has 0 saturated carbocycles. The van der Waals surface area contributed by atoms with Crippen LogP contribution in [0.5, 0.6) is 0 Å². The molecule has 0 atom stereocenters. The summed E-state index contributed by atoms with van der Waals surface area (Å²) in [6.07, 6.45) is 1.98. The molecule has 0 unspecified atom stereocenters. The number of aromatic nitrogens is 4. The molecule has 11 aromatic rings. The van der Waals surface area contributed by atoms with Crippen molar-refractivity contribution < 1.29 is 0 Å². The Kier molecular flexibility index (Phi) is 7.32. The van der Waals surface area contributed by atoms with Gasteiger partial charge in [-0.25, -0.2) is 9.97 Å². The Bertz CT molecular complexity index is 3300. The summed E-state index contributed by atoms with van der Waals surface area (Å²) in [5.41, 5.74) is 17.4. The Balaban J connectivity index is 1.09. The topological polar surface area (TPSA) is 35.6 Å². The van der Waals surface area contributed by atoms with E-state index < -0.39 is 0 Å². The molecule has 0 N–H and O–H groups in total. The normalized spacial score (nSPS) is 12.3. The van der Waals surface area contributed by atoms with Crippen molar-refractivity contribution in [2.75, 3.05) is 0 Å². The first kappa shape index (κ1) is 32.7. The minimum absolute atomic E-state index is 0.706. The van der Waals surface area contributed by atoms with Gasteiger partial charge < -0.3 is 9.13 Å².